The molecule has 0 radical (unpaired) electrons. The third-order valence-electron chi connectivity index (χ3n) is 3.59. The van der Waals surface area contributed by atoms with Crippen molar-refractivity contribution >= 4 is 11.9 Å². The van der Waals surface area contributed by atoms with Crippen LogP contribution in [0, 0.1) is 0 Å². The van der Waals surface area contributed by atoms with E-state index in [-0.39, 0.29) is 18.0 Å². The minimum Gasteiger partial charge on any atom is -0.459 e. The van der Waals surface area contributed by atoms with Gasteiger partial charge in [0.2, 0.25) is 5.91 Å². The molecule has 0 aromatic heterocycles. The van der Waals surface area contributed by atoms with E-state index in [4.69, 9.17) is 4.74 Å². The van der Waals surface area contributed by atoms with E-state index in [2.05, 4.69) is 0 Å². The minimum absolute atomic E-state index is 0.118. The molecule has 2 aliphatic rings. The SMILES string of the molecule is C[C@@H](CCN1CCCC1=O)OC(=O)C1=CCCC1. The highest BCUT2D eigenvalue weighted by Crippen LogP contribution is 2.20. The first-order valence-electron chi connectivity index (χ1n) is 6.84. The molecule has 1 aliphatic carbocycles. The molecule has 1 heterocycles. The average molecular weight is 251 g/mol. The van der Waals surface area contributed by atoms with Crippen LogP contribution in [-0.2, 0) is 14.3 Å². The van der Waals surface area contributed by atoms with Crippen LogP contribution in [0.1, 0.15) is 45.4 Å². The molecule has 1 fully saturated rings. The number of likely N-dealkylation sites (tertiary alicyclic amines) is 1. The highest BCUT2D eigenvalue weighted by Gasteiger charge is 2.22. The molecular formula is C14H21NO3. The molecule has 1 saturated heterocycles. The van der Waals surface area contributed by atoms with Gasteiger partial charge in [0, 0.05) is 31.5 Å². The maximum absolute atomic E-state index is 11.7. The Hall–Kier alpha value is -1.32. The summed E-state index contributed by atoms with van der Waals surface area (Å²) >= 11 is 0. The van der Waals surface area contributed by atoms with Crippen LogP contribution in [0.15, 0.2) is 11.6 Å². The maximum atomic E-state index is 11.7. The molecule has 1 atom stereocenters. The number of carbonyl (C=O) groups excluding carboxylic acids is 2. The summed E-state index contributed by atoms with van der Waals surface area (Å²) in [6.45, 7) is 3.45. The van der Waals surface area contributed by atoms with Gasteiger partial charge in [-0.1, -0.05) is 6.08 Å². The number of ether oxygens (including phenoxy) is 1. The first-order valence-corrected chi connectivity index (χ1v) is 6.84. The van der Waals surface area contributed by atoms with Crippen LogP contribution in [0.4, 0.5) is 0 Å². The van der Waals surface area contributed by atoms with Crippen molar-refractivity contribution in [2.24, 2.45) is 0 Å². The van der Waals surface area contributed by atoms with E-state index >= 15 is 0 Å². The summed E-state index contributed by atoms with van der Waals surface area (Å²) in [6.07, 6.45) is 7.09. The molecule has 0 spiro atoms. The van der Waals surface area contributed by atoms with Gasteiger partial charge in [0.05, 0.1) is 0 Å². The smallest absolute Gasteiger partial charge is 0.333 e. The Morgan fingerprint density at radius 2 is 2.28 bits per heavy atom. The summed E-state index contributed by atoms with van der Waals surface area (Å²) in [6, 6.07) is 0. The summed E-state index contributed by atoms with van der Waals surface area (Å²) in [5.41, 5.74) is 0.819. The second-order valence-electron chi connectivity index (χ2n) is 5.11. The van der Waals surface area contributed by atoms with Crippen LogP contribution in [0.2, 0.25) is 0 Å². The van der Waals surface area contributed by atoms with E-state index in [1.807, 2.05) is 17.9 Å². The predicted molar refractivity (Wildman–Crippen MR) is 67.9 cm³/mol. The molecule has 1 amide bonds. The van der Waals surface area contributed by atoms with Gasteiger partial charge in [-0.05, 0) is 32.6 Å². The number of esters is 1. The summed E-state index contributed by atoms with van der Waals surface area (Å²) in [5, 5.41) is 0. The minimum atomic E-state index is -0.173. The van der Waals surface area contributed by atoms with Gasteiger partial charge in [-0.2, -0.15) is 0 Å². The van der Waals surface area contributed by atoms with E-state index in [1.165, 1.54) is 0 Å². The highest BCUT2D eigenvalue weighted by molar-refractivity contribution is 5.88. The molecule has 4 nitrogen and oxygen atoms in total. The third-order valence-corrected chi connectivity index (χ3v) is 3.59. The van der Waals surface area contributed by atoms with Gasteiger partial charge in [-0.15, -0.1) is 0 Å². The van der Waals surface area contributed by atoms with Gasteiger partial charge >= 0.3 is 5.97 Å². The number of hydrogen-bond donors (Lipinski definition) is 0. The molecule has 0 bridgehead atoms. The fourth-order valence-corrected chi connectivity index (χ4v) is 2.45. The molecule has 100 valence electrons. The normalized spacial score (nSPS) is 21.1. The van der Waals surface area contributed by atoms with Gasteiger partial charge in [-0.3, -0.25) is 4.79 Å². The Bertz CT molecular complexity index is 362. The van der Waals surface area contributed by atoms with Crippen molar-refractivity contribution in [1.29, 1.82) is 0 Å². The Kier molecular flexibility index (Phi) is 4.39. The lowest BCUT2D eigenvalue weighted by Crippen LogP contribution is -2.29. The van der Waals surface area contributed by atoms with Crippen molar-refractivity contribution in [2.75, 3.05) is 13.1 Å². The molecule has 0 aromatic carbocycles. The topological polar surface area (TPSA) is 46.6 Å². The molecule has 4 heteroatoms. The second-order valence-corrected chi connectivity index (χ2v) is 5.11. The third kappa shape index (κ3) is 3.34. The van der Waals surface area contributed by atoms with E-state index < -0.39 is 0 Å². The summed E-state index contributed by atoms with van der Waals surface area (Å²) < 4.78 is 5.38. The lowest BCUT2D eigenvalue weighted by molar-refractivity contribution is -0.144. The van der Waals surface area contributed by atoms with Crippen LogP contribution in [-0.4, -0.2) is 36.0 Å². The molecule has 0 saturated carbocycles. The van der Waals surface area contributed by atoms with Crippen LogP contribution in [0.25, 0.3) is 0 Å². The number of allylic oxidation sites excluding steroid dienone is 1. The molecular weight excluding hydrogens is 230 g/mol. The molecule has 2 rings (SSSR count). The number of rotatable bonds is 5. The molecule has 0 aromatic rings. The van der Waals surface area contributed by atoms with E-state index in [9.17, 15) is 9.59 Å². The second kappa shape index (κ2) is 6.03. The molecule has 18 heavy (non-hydrogen) atoms. The zero-order valence-corrected chi connectivity index (χ0v) is 11.0. The number of nitrogens with zero attached hydrogens (tertiary/aromatic N) is 1. The quantitative estimate of drug-likeness (QED) is 0.702. The van der Waals surface area contributed by atoms with Crippen LogP contribution < -0.4 is 0 Å². The van der Waals surface area contributed by atoms with Gasteiger partial charge in [-0.25, -0.2) is 4.79 Å². The lowest BCUT2D eigenvalue weighted by Gasteiger charge is -2.19. The largest absolute Gasteiger partial charge is 0.459 e. The van der Waals surface area contributed by atoms with Crippen LogP contribution in [0.3, 0.4) is 0 Å². The summed E-state index contributed by atoms with van der Waals surface area (Å²) in [7, 11) is 0. The van der Waals surface area contributed by atoms with Crippen molar-refractivity contribution in [1.82, 2.24) is 4.90 Å². The van der Waals surface area contributed by atoms with Gasteiger partial charge in [0.15, 0.2) is 0 Å². The average Bonchev–Trinajstić information content (AvgIpc) is 2.97. The maximum Gasteiger partial charge on any atom is 0.333 e. The first-order chi connectivity index (χ1) is 8.66. The lowest BCUT2D eigenvalue weighted by atomic mass is 10.2. The number of hydrogen-bond acceptors (Lipinski definition) is 3. The van der Waals surface area contributed by atoms with Crippen molar-refractivity contribution in [3.05, 3.63) is 11.6 Å². The molecule has 0 N–H and O–H groups in total. The monoisotopic (exact) mass is 251 g/mol. The Morgan fingerprint density at radius 3 is 2.89 bits per heavy atom. The predicted octanol–water partition coefficient (Wildman–Crippen LogP) is 2.04. The van der Waals surface area contributed by atoms with Crippen molar-refractivity contribution in [2.45, 2.75) is 51.6 Å². The van der Waals surface area contributed by atoms with Gasteiger partial charge in [0.25, 0.3) is 0 Å². The van der Waals surface area contributed by atoms with Crippen LogP contribution >= 0.6 is 0 Å². The number of carbonyl (C=O) groups is 2. The van der Waals surface area contributed by atoms with Gasteiger partial charge in [0.1, 0.15) is 6.10 Å². The van der Waals surface area contributed by atoms with E-state index in [0.29, 0.717) is 13.0 Å². The zero-order valence-electron chi connectivity index (χ0n) is 11.0. The number of amides is 1. The molecule has 0 unspecified atom stereocenters. The van der Waals surface area contributed by atoms with Gasteiger partial charge < -0.3 is 9.64 Å². The standard InChI is InChI=1S/C14H21NO3/c1-11(8-10-15-9-4-7-13(15)16)18-14(17)12-5-2-3-6-12/h5,11H,2-4,6-10H2,1H3/t11-/m0/s1. The first kappa shape index (κ1) is 13.1. The van der Waals surface area contributed by atoms with Crippen molar-refractivity contribution < 1.29 is 14.3 Å². The summed E-state index contributed by atoms with van der Waals surface area (Å²) in [5.74, 6) is 0.0553. The highest BCUT2D eigenvalue weighted by atomic mass is 16.5. The fraction of sp³-hybridized carbons (Fsp3) is 0.714. The fourth-order valence-electron chi connectivity index (χ4n) is 2.45. The molecule has 1 aliphatic heterocycles. The van der Waals surface area contributed by atoms with Crippen molar-refractivity contribution in [3.8, 4) is 0 Å². The van der Waals surface area contributed by atoms with Crippen molar-refractivity contribution in [3.63, 3.8) is 0 Å². The summed E-state index contributed by atoms with van der Waals surface area (Å²) in [4.78, 5) is 25.0. The van der Waals surface area contributed by atoms with E-state index in [1.54, 1.807) is 0 Å². The Balaban J connectivity index is 1.69. The Morgan fingerprint density at radius 1 is 1.44 bits per heavy atom. The van der Waals surface area contributed by atoms with E-state index in [0.717, 1.165) is 44.2 Å². The van der Waals surface area contributed by atoms with Crippen LogP contribution in [0.5, 0.6) is 0 Å². The zero-order chi connectivity index (χ0) is 13.0. The Labute approximate surface area is 108 Å².